The maximum absolute atomic E-state index is 13.7. The lowest BCUT2D eigenvalue weighted by atomic mass is 10.1. The van der Waals surface area contributed by atoms with Crippen LogP contribution in [0, 0.1) is 23.5 Å². The average Bonchev–Trinajstić information content (AvgIpc) is 2.92. The van der Waals surface area contributed by atoms with Gasteiger partial charge in [0.2, 0.25) is 5.91 Å². The summed E-state index contributed by atoms with van der Waals surface area (Å²) in [6, 6.07) is 16.1. The minimum absolute atomic E-state index is 0.0177. The fraction of sp³-hybridized carbons (Fsp3) is 0.207. The molecule has 0 spiro atoms. The number of nitrogens with one attached hydrogen (secondary N) is 2. The third kappa shape index (κ3) is 8.06. The summed E-state index contributed by atoms with van der Waals surface area (Å²) < 4.78 is 27.4. The SMILES string of the molecule is NC[C@H](NC(=O)c1ccc(C#Cc2ccc(NC(=O)CCCc3c(F)cccc3F)cc2)cc1)C(=O)CO. The van der Waals surface area contributed by atoms with Crippen molar-refractivity contribution in [2.75, 3.05) is 18.5 Å². The molecule has 0 heterocycles. The van der Waals surface area contributed by atoms with Crippen LogP contribution >= 0.6 is 0 Å². The van der Waals surface area contributed by atoms with E-state index < -0.39 is 36.0 Å². The van der Waals surface area contributed by atoms with E-state index in [-0.39, 0.29) is 30.9 Å². The molecule has 2 amide bonds. The molecule has 0 aromatic heterocycles. The van der Waals surface area contributed by atoms with E-state index in [0.717, 1.165) is 0 Å². The minimum atomic E-state index is -0.955. The molecule has 0 aliphatic rings. The highest BCUT2D eigenvalue weighted by atomic mass is 19.1. The third-order valence-corrected chi connectivity index (χ3v) is 5.64. The fourth-order valence-electron chi connectivity index (χ4n) is 3.53. The second-order valence-electron chi connectivity index (χ2n) is 8.39. The lowest BCUT2D eigenvalue weighted by Gasteiger charge is -2.14. The topological polar surface area (TPSA) is 122 Å². The van der Waals surface area contributed by atoms with Gasteiger partial charge in [0, 0.05) is 40.9 Å². The van der Waals surface area contributed by atoms with Crippen molar-refractivity contribution < 1.29 is 28.3 Å². The lowest BCUT2D eigenvalue weighted by Crippen LogP contribution is -2.46. The van der Waals surface area contributed by atoms with Crippen LogP contribution in [0.4, 0.5) is 14.5 Å². The zero-order valence-corrected chi connectivity index (χ0v) is 20.5. The van der Waals surface area contributed by atoms with E-state index >= 15 is 0 Å². The van der Waals surface area contributed by atoms with Gasteiger partial charge in [-0.1, -0.05) is 17.9 Å². The molecule has 7 nitrogen and oxygen atoms in total. The smallest absolute Gasteiger partial charge is 0.251 e. The summed E-state index contributed by atoms with van der Waals surface area (Å²) in [5, 5.41) is 14.2. The number of ketones is 1. The van der Waals surface area contributed by atoms with Crippen molar-refractivity contribution in [2.24, 2.45) is 5.73 Å². The maximum Gasteiger partial charge on any atom is 0.251 e. The molecular weight excluding hydrogens is 492 g/mol. The van der Waals surface area contributed by atoms with Crippen molar-refractivity contribution in [2.45, 2.75) is 25.3 Å². The van der Waals surface area contributed by atoms with Crippen molar-refractivity contribution in [1.29, 1.82) is 0 Å². The number of halogens is 2. The molecule has 0 unspecified atom stereocenters. The van der Waals surface area contributed by atoms with E-state index in [1.165, 1.54) is 18.2 Å². The Bertz CT molecular complexity index is 1330. The van der Waals surface area contributed by atoms with Crippen LogP contribution in [0.5, 0.6) is 0 Å². The molecule has 0 aliphatic carbocycles. The maximum atomic E-state index is 13.7. The van der Waals surface area contributed by atoms with Crippen LogP contribution in [0.1, 0.15) is 39.9 Å². The van der Waals surface area contributed by atoms with Gasteiger partial charge in [-0.3, -0.25) is 14.4 Å². The summed E-state index contributed by atoms with van der Waals surface area (Å²) in [6.07, 6.45) is 0.555. The van der Waals surface area contributed by atoms with E-state index in [2.05, 4.69) is 22.5 Å². The Balaban J connectivity index is 1.50. The molecule has 0 saturated heterocycles. The molecule has 0 fully saturated rings. The van der Waals surface area contributed by atoms with Crippen LogP contribution in [0.25, 0.3) is 0 Å². The predicted octanol–water partition coefficient (Wildman–Crippen LogP) is 2.94. The number of carbonyl (C=O) groups excluding carboxylic acids is 3. The largest absolute Gasteiger partial charge is 0.388 e. The highest BCUT2D eigenvalue weighted by Crippen LogP contribution is 2.16. The molecule has 5 N–H and O–H groups in total. The lowest BCUT2D eigenvalue weighted by molar-refractivity contribution is -0.123. The number of aliphatic hydroxyl groups excluding tert-OH is 1. The van der Waals surface area contributed by atoms with E-state index in [9.17, 15) is 23.2 Å². The number of Topliss-reactive ketones (excluding diaryl/α,β-unsaturated/α-hetero) is 1. The third-order valence-electron chi connectivity index (χ3n) is 5.64. The second-order valence-corrected chi connectivity index (χ2v) is 8.39. The van der Waals surface area contributed by atoms with Gasteiger partial charge in [0.25, 0.3) is 5.91 Å². The number of rotatable bonds is 10. The van der Waals surface area contributed by atoms with E-state index in [0.29, 0.717) is 28.8 Å². The summed E-state index contributed by atoms with van der Waals surface area (Å²) in [6.45, 7) is -0.822. The molecule has 3 aromatic carbocycles. The van der Waals surface area contributed by atoms with Crippen molar-refractivity contribution >= 4 is 23.3 Å². The van der Waals surface area contributed by atoms with Crippen molar-refractivity contribution in [3.8, 4) is 11.8 Å². The molecule has 1 atom stereocenters. The first-order valence-corrected chi connectivity index (χ1v) is 11.9. The molecule has 0 bridgehead atoms. The summed E-state index contributed by atoms with van der Waals surface area (Å²) in [7, 11) is 0. The molecule has 0 saturated carbocycles. The van der Waals surface area contributed by atoms with Gasteiger partial charge >= 0.3 is 0 Å². The summed E-state index contributed by atoms with van der Waals surface area (Å²) in [4.78, 5) is 36.0. The molecule has 0 radical (unpaired) electrons. The normalized spacial score (nSPS) is 11.2. The Labute approximate surface area is 219 Å². The molecule has 3 aromatic rings. The highest BCUT2D eigenvalue weighted by molar-refractivity contribution is 5.98. The average molecular weight is 520 g/mol. The number of amides is 2. The Kier molecular flexibility index (Phi) is 10.2. The molecule has 196 valence electrons. The first-order chi connectivity index (χ1) is 18.3. The molecule has 38 heavy (non-hydrogen) atoms. The van der Waals surface area contributed by atoms with Crippen LogP contribution in [-0.4, -0.2) is 41.9 Å². The second kappa shape index (κ2) is 13.8. The Morgan fingerprint density at radius 2 is 1.47 bits per heavy atom. The fourth-order valence-corrected chi connectivity index (χ4v) is 3.53. The summed E-state index contributed by atoms with van der Waals surface area (Å²) in [5.74, 6) is 3.43. The van der Waals surface area contributed by atoms with Gasteiger partial charge in [-0.2, -0.15) is 0 Å². The van der Waals surface area contributed by atoms with Crippen molar-refractivity contribution in [1.82, 2.24) is 5.32 Å². The van der Waals surface area contributed by atoms with E-state index in [4.69, 9.17) is 10.8 Å². The van der Waals surface area contributed by atoms with E-state index in [1.807, 2.05) is 0 Å². The first kappa shape index (κ1) is 28.2. The molecule has 9 heteroatoms. The van der Waals surface area contributed by atoms with Gasteiger partial charge in [-0.15, -0.1) is 0 Å². The number of hydrogen-bond acceptors (Lipinski definition) is 5. The van der Waals surface area contributed by atoms with Crippen LogP contribution in [0.15, 0.2) is 66.7 Å². The predicted molar refractivity (Wildman–Crippen MR) is 139 cm³/mol. The van der Waals surface area contributed by atoms with Gasteiger partial charge in [-0.25, -0.2) is 8.78 Å². The molecule has 0 aliphatic heterocycles. The zero-order chi connectivity index (χ0) is 27.5. The standard InChI is InChI=1S/C29H27F2N3O4/c30-24-4-2-5-25(31)23(24)3-1-6-28(37)33-22-15-11-20(12-16-22)8-7-19-9-13-21(14-10-19)29(38)34-26(17-32)27(36)18-35/h2,4-5,9-16,26,35H,1,3,6,17-18,32H2,(H,33,37)(H,34,38)/t26-/m0/s1. The number of hydrogen-bond donors (Lipinski definition) is 4. The first-order valence-electron chi connectivity index (χ1n) is 11.9. The van der Waals surface area contributed by atoms with Crippen molar-refractivity contribution in [3.63, 3.8) is 0 Å². The minimum Gasteiger partial charge on any atom is -0.388 e. The Morgan fingerprint density at radius 1 is 0.895 bits per heavy atom. The summed E-state index contributed by atoms with van der Waals surface area (Å²) in [5.41, 5.74) is 7.70. The van der Waals surface area contributed by atoms with Gasteiger partial charge < -0.3 is 21.5 Å². The molecular formula is C29H27F2N3O4. The van der Waals surface area contributed by atoms with Gasteiger partial charge in [0.15, 0.2) is 5.78 Å². The van der Waals surface area contributed by atoms with Crippen LogP contribution < -0.4 is 16.4 Å². The van der Waals surface area contributed by atoms with Gasteiger partial charge in [0.1, 0.15) is 24.3 Å². The number of nitrogens with two attached hydrogens (primary N) is 1. The number of aliphatic hydroxyl groups is 1. The number of carbonyl (C=O) groups is 3. The highest BCUT2D eigenvalue weighted by Gasteiger charge is 2.18. The Morgan fingerprint density at radius 3 is 2.03 bits per heavy atom. The van der Waals surface area contributed by atoms with Crippen LogP contribution in [-0.2, 0) is 16.0 Å². The zero-order valence-electron chi connectivity index (χ0n) is 20.5. The van der Waals surface area contributed by atoms with E-state index in [1.54, 1.807) is 48.5 Å². The number of benzene rings is 3. The summed E-state index contributed by atoms with van der Waals surface area (Å²) >= 11 is 0. The van der Waals surface area contributed by atoms with Gasteiger partial charge in [0.05, 0.1) is 0 Å². The van der Waals surface area contributed by atoms with Crippen LogP contribution in [0.3, 0.4) is 0 Å². The molecule has 3 rings (SSSR count). The van der Waals surface area contributed by atoms with Crippen LogP contribution in [0.2, 0.25) is 0 Å². The number of anilines is 1. The quantitative estimate of drug-likeness (QED) is 0.307. The monoisotopic (exact) mass is 519 g/mol. The van der Waals surface area contributed by atoms with Crippen molar-refractivity contribution in [3.05, 3.63) is 101 Å². The van der Waals surface area contributed by atoms with Gasteiger partial charge in [-0.05, 0) is 73.5 Å². The Hall–Kier alpha value is -4.39.